The van der Waals surface area contributed by atoms with E-state index in [1.807, 2.05) is 0 Å². The molecule has 0 unspecified atom stereocenters. The zero-order valence-corrected chi connectivity index (χ0v) is 14.0. The van der Waals surface area contributed by atoms with Crippen molar-refractivity contribution in [1.82, 2.24) is 19.7 Å². The maximum atomic E-state index is 13.0. The third-order valence-electron chi connectivity index (χ3n) is 3.18. The summed E-state index contributed by atoms with van der Waals surface area (Å²) in [6, 6.07) is 7.73. The molecule has 26 heavy (non-hydrogen) atoms. The van der Waals surface area contributed by atoms with Gasteiger partial charge in [0.15, 0.2) is 9.84 Å². The second-order valence-corrected chi connectivity index (χ2v) is 7.20. The van der Waals surface area contributed by atoms with Crippen molar-refractivity contribution in [2.45, 2.75) is 11.1 Å². The molecule has 0 bridgehead atoms. The Bertz CT molecular complexity index is 1020. The summed E-state index contributed by atoms with van der Waals surface area (Å²) >= 11 is 0. The standard InChI is InChI=1S/C15H11F3N4O3S/c1-26(23,24)12-6-4-10(5-7-12)22-14(20-13(21-22)15(16,17)18)25-11-3-2-8-19-9-11/h2-9H,1H3. The van der Waals surface area contributed by atoms with Crippen LogP contribution in [0.4, 0.5) is 13.2 Å². The second-order valence-electron chi connectivity index (χ2n) is 5.18. The number of benzene rings is 1. The Labute approximate surface area is 146 Å². The normalized spacial score (nSPS) is 12.2. The van der Waals surface area contributed by atoms with Gasteiger partial charge in [-0.2, -0.15) is 22.8 Å². The number of hydrogen-bond donors (Lipinski definition) is 0. The smallest absolute Gasteiger partial charge is 0.423 e. The molecule has 7 nitrogen and oxygen atoms in total. The van der Waals surface area contributed by atoms with Crippen LogP contribution in [0.15, 0.2) is 53.7 Å². The Morgan fingerprint density at radius 2 is 1.81 bits per heavy atom. The van der Waals surface area contributed by atoms with Gasteiger partial charge >= 0.3 is 12.2 Å². The van der Waals surface area contributed by atoms with Gasteiger partial charge in [-0.15, -0.1) is 5.10 Å². The Balaban J connectivity index is 2.06. The van der Waals surface area contributed by atoms with E-state index in [0.717, 1.165) is 10.9 Å². The van der Waals surface area contributed by atoms with Crippen molar-refractivity contribution < 1.29 is 26.3 Å². The average molecular weight is 384 g/mol. The Hall–Kier alpha value is -2.95. The van der Waals surface area contributed by atoms with Crippen LogP contribution >= 0.6 is 0 Å². The van der Waals surface area contributed by atoms with Crippen LogP contribution in [0.3, 0.4) is 0 Å². The lowest BCUT2D eigenvalue weighted by molar-refractivity contribution is -0.144. The van der Waals surface area contributed by atoms with Crippen molar-refractivity contribution >= 4 is 9.84 Å². The Morgan fingerprint density at radius 3 is 2.35 bits per heavy atom. The third-order valence-corrected chi connectivity index (χ3v) is 4.31. The lowest BCUT2D eigenvalue weighted by Crippen LogP contribution is -2.08. The van der Waals surface area contributed by atoms with Crippen LogP contribution in [-0.4, -0.2) is 34.4 Å². The molecular formula is C15H11F3N4O3S. The van der Waals surface area contributed by atoms with Gasteiger partial charge in [0.25, 0.3) is 5.82 Å². The van der Waals surface area contributed by atoms with Crippen LogP contribution in [0.1, 0.15) is 5.82 Å². The van der Waals surface area contributed by atoms with Crippen LogP contribution in [0.5, 0.6) is 11.8 Å². The minimum Gasteiger partial charge on any atom is -0.423 e. The van der Waals surface area contributed by atoms with Crippen molar-refractivity contribution in [3.05, 3.63) is 54.6 Å². The number of sulfone groups is 1. The number of pyridine rings is 1. The first kappa shape index (κ1) is 17.9. The number of ether oxygens (including phenoxy) is 1. The molecule has 0 aliphatic carbocycles. The van der Waals surface area contributed by atoms with E-state index in [2.05, 4.69) is 15.1 Å². The molecular weight excluding hydrogens is 373 g/mol. The molecule has 0 aliphatic rings. The minimum absolute atomic E-state index is 0.0205. The van der Waals surface area contributed by atoms with E-state index in [-0.39, 0.29) is 16.3 Å². The van der Waals surface area contributed by atoms with E-state index in [9.17, 15) is 21.6 Å². The molecule has 0 aliphatic heterocycles. The molecule has 0 saturated heterocycles. The molecule has 0 radical (unpaired) electrons. The monoisotopic (exact) mass is 384 g/mol. The molecule has 0 N–H and O–H groups in total. The molecule has 11 heteroatoms. The molecule has 0 saturated carbocycles. The maximum Gasteiger partial charge on any atom is 0.453 e. The zero-order valence-electron chi connectivity index (χ0n) is 13.2. The van der Waals surface area contributed by atoms with Crippen molar-refractivity contribution in [3.8, 4) is 17.4 Å². The molecule has 2 heterocycles. The second kappa shape index (κ2) is 6.41. The van der Waals surface area contributed by atoms with Gasteiger partial charge < -0.3 is 4.74 Å². The van der Waals surface area contributed by atoms with Gasteiger partial charge in [-0.3, -0.25) is 4.98 Å². The summed E-state index contributed by atoms with van der Waals surface area (Å²) in [5, 5.41) is 3.43. The first-order valence-corrected chi connectivity index (χ1v) is 8.96. The number of aromatic nitrogens is 4. The summed E-state index contributed by atoms with van der Waals surface area (Å²) < 4.78 is 68.1. The van der Waals surface area contributed by atoms with E-state index in [0.29, 0.717) is 0 Å². The highest BCUT2D eigenvalue weighted by Gasteiger charge is 2.38. The van der Waals surface area contributed by atoms with Crippen LogP contribution < -0.4 is 4.74 Å². The van der Waals surface area contributed by atoms with Gasteiger partial charge in [0.1, 0.15) is 5.75 Å². The summed E-state index contributed by atoms with van der Waals surface area (Å²) in [5.74, 6) is -1.22. The van der Waals surface area contributed by atoms with Crippen LogP contribution in [0, 0.1) is 0 Å². The number of hydrogen-bond acceptors (Lipinski definition) is 6. The van der Waals surface area contributed by atoms with Crippen molar-refractivity contribution in [2.75, 3.05) is 6.26 Å². The van der Waals surface area contributed by atoms with Crippen molar-refractivity contribution in [2.24, 2.45) is 0 Å². The van der Waals surface area contributed by atoms with Crippen LogP contribution in [0.2, 0.25) is 0 Å². The fourth-order valence-corrected chi connectivity index (χ4v) is 2.63. The zero-order chi connectivity index (χ0) is 18.9. The van der Waals surface area contributed by atoms with Gasteiger partial charge in [-0.1, -0.05) is 0 Å². The number of nitrogens with zero attached hydrogens (tertiary/aromatic N) is 4. The highest BCUT2D eigenvalue weighted by atomic mass is 32.2. The quantitative estimate of drug-likeness (QED) is 0.687. The summed E-state index contributed by atoms with van der Waals surface area (Å²) in [5.41, 5.74) is 0.152. The van der Waals surface area contributed by atoms with Gasteiger partial charge in [-0.25, -0.2) is 8.42 Å². The SMILES string of the molecule is CS(=O)(=O)c1ccc(-n2nc(C(F)(F)F)nc2Oc2cccnc2)cc1. The van der Waals surface area contributed by atoms with Gasteiger partial charge in [0.2, 0.25) is 0 Å². The lowest BCUT2D eigenvalue weighted by Gasteiger charge is -2.07. The van der Waals surface area contributed by atoms with Gasteiger partial charge in [-0.05, 0) is 36.4 Å². The lowest BCUT2D eigenvalue weighted by atomic mass is 10.3. The van der Waals surface area contributed by atoms with E-state index in [1.165, 1.54) is 42.7 Å². The van der Waals surface area contributed by atoms with Crippen LogP contribution in [-0.2, 0) is 16.0 Å². The first-order chi connectivity index (χ1) is 12.1. The molecule has 0 fully saturated rings. The summed E-state index contributed by atoms with van der Waals surface area (Å²) in [4.78, 5) is 7.21. The van der Waals surface area contributed by atoms with E-state index >= 15 is 0 Å². The fourth-order valence-electron chi connectivity index (χ4n) is 2.00. The molecule has 136 valence electrons. The van der Waals surface area contributed by atoms with Crippen LogP contribution in [0.25, 0.3) is 5.69 Å². The molecule has 3 aromatic rings. The molecule has 2 aromatic heterocycles. The highest BCUT2D eigenvalue weighted by Crippen LogP contribution is 2.31. The molecule has 3 rings (SSSR count). The largest absolute Gasteiger partial charge is 0.453 e. The Morgan fingerprint density at radius 1 is 1.12 bits per heavy atom. The Kier molecular flexibility index (Phi) is 4.40. The predicted octanol–water partition coefficient (Wildman–Crippen LogP) is 2.88. The molecule has 0 spiro atoms. The molecule has 0 atom stereocenters. The molecule has 1 aromatic carbocycles. The van der Waals surface area contributed by atoms with Crippen molar-refractivity contribution in [1.29, 1.82) is 0 Å². The van der Waals surface area contributed by atoms with E-state index < -0.39 is 27.8 Å². The number of rotatable bonds is 4. The topological polar surface area (TPSA) is 87.0 Å². The maximum absolute atomic E-state index is 13.0. The van der Waals surface area contributed by atoms with E-state index in [1.54, 1.807) is 6.07 Å². The predicted molar refractivity (Wildman–Crippen MR) is 83.8 cm³/mol. The summed E-state index contributed by atoms with van der Waals surface area (Å²) in [6.07, 6.45) is -0.969. The molecule has 0 amide bonds. The van der Waals surface area contributed by atoms with E-state index in [4.69, 9.17) is 4.74 Å². The first-order valence-electron chi connectivity index (χ1n) is 7.07. The summed E-state index contributed by atoms with van der Waals surface area (Å²) in [6.45, 7) is 0. The average Bonchev–Trinajstić information content (AvgIpc) is 2.99. The van der Waals surface area contributed by atoms with Gasteiger partial charge in [0.05, 0.1) is 16.8 Å². The minimum atomic E-state index is -4.77. The number of halogens is 3. The fraction of sp³-hybridized carbons (Fsp3) is 0.133. The number of alkyl halides is 3. The summed E-state index contributed by atoms with van der Waals surface area (Å²) in [7, 11) is -3.44. The van der Waals surface area contributed by atoms with Gasteiger partial charge in [0, 0.05) is 12.5 Å². The van der Waals surface area contributed by atoms with Crippen molar-refractivity contribution in [3.63, 3.8) is 0 Å². The third kappa shape index (κ3) is 3.82. The highest BCUT2D eigenvalue weighted by molar-refractivity contribution is 7.90.